The number of carbonyl (C=O) groups excluding carboxylic acids is 1. The summed E-state index contributed by atoms with van der Waals surface area (Å²) in [6.45, 7) is 4.92. The Kier molecular flexibility index (Phi) is 3.96. The van der Waals surface area contributed by atoms with E-state index in [9.17, 15) is 13.6 Å². The zero-order chi connectivity index (χ0) is 13.3. The van der Waals surface area contributed by atoms with E-state index in [2.05, 4.69) is 5.32 Å². The summed E-state index contributed by atoms with van der Waals surface area (Å²) in [5.74, 6) is -2.82. The summed E-state index contributed by atoms with van der Waals surface area (Å²) < 4.78 is 31.7. The molecule has 1 saturated heterocycles. The van der Waals surface area contributed by atoms with Gasteiger partial charge in [-0.1, -0.05) is 0 Å². The average Bonchev–Trinajstić information content (AvgIpc) is 2.39. The van der Waals surface area contributed by atoms with Crippen LogP contribution in [0.2, 0.25) is 0 Å². The van der Waals surface area contributed by atoms with Crippen molar-refractivity contribution in [2.24, 2.45) is 0 Å². The topological polar surface area (TPSA) is 41.6 Å². The van der Waals surface area contributed by atoms with Crippen LogP contribution in [0.3, 0.4) is 0 Å². The molecule has 0 radical (unpaired) electrons. The number of nitrogens with one attached hydrogen (secondary N) is 1. The zero-order valence-electron chi connectivity index (χ0n) is 10.7. The second-order valence-corrected chi connectivity index (χ2v) is 5.38. The SMILES string of the molecule is CNC[C@H]1CC(F)(F)CN1C(=O)OC(C)(C)C. The highest BCUT2D eigenvalue weighted by Gasteiger charge is 2.47. The summed E-state index contributed by atoms with van der Waals surface area (Å²) in [5, 5.41) is 2.81. The highest BCUT2D eigenvalue weighted by molar-refractivity contribution is 5.69. The molecular weight excluding hydrogens is 230 g/mol. The molecular formula is C11H20F2N2O2. The molecule has 100 valence electrons. The monoisotopic (exact) mass is 250 g/mol. The minimum atomic E-state index is -2.82. The quantitative estimate of drug-likeness (QED) is 0.813. The highest BCUT2D eigenvalue weighted by atomic mass is 19.3. The number of halogens is 2. The molecule has 0 unspecified atom stereocenters. The molecule has 17 heavy (non-hydrogen) atoms. The number of hydrogen-bond donors (Lipinski definition) is 1. The number of nitrogens with zero attached hydrogens (tertiary/aromatic N) is 1. The Morgan fingerprint density at radius 3 is 2.59 bits per heavy atom. The first-order valence-corrected chi connectivity index (χ1v) is 5.67. The molecule has 0 spiro atoms. The second kappa shape index (κ2) is 4.76. The van der Waals surface area contributed by atoms with Gasteiger partial charge < -0.3 is 10.1 Å². The van der Waals surface area contributed by atoms with Crippen molar-refractivity contribution in [3.8, 4) is 0 Å². The van der Waals surface area contributed by atoms with Crippen molar-refractivity contribution in [1.29, 1.82) is 0 Å². The fourth-order valence-electron chi connectivity index (χ4n) is 1.85. The lowest BCUT2D eigenvalue weighted by Gasteiger charge is -2.28. The fraction of sp³-hybridized carbons (Fsp3) is 0.909. The minimum Gasteiger partial charge on any atom is -0.444 e. The number of ether oxygens (including phenoxy) is 1. The van der Waals surface area contributed by atoms with Crippen LogP contribution >= 0.6 is 0 Å². The molecule has 0 aliphatic carbocycles. The molecule has 0 aromatic rings. The highest BCUT2D eigenvalue weighted by Crippen LogP contribution is 2.32. The molecule has 0 bridgehead atoms. The molecule has 6 heteroatoms. The van der Waals surface area contributed by atoms with Crippen molar-refractivity contribution >= 4 is 6.09 Å². The number of rotatable bonds is 2. The van der Waals surface area contributed by atoms with Crippen LogP contribution in [0.5, 0.6) is 0 Å². The molecule has 0 saturated carbocycles. The Morgan fingerprint density at radius 1 is 1.53 bits per heavy atom. The maximum absolute atomic E-state index is 13.3. The lowest BCUT2D eigenvalue weighted by atomic mass is 10.2. The van der Waals surface area contributed by atoms with E-state index in [-0.39, 0.29) is 6.42 Å². The van der Waals surface area contributed by atoms with Crippen LogP contribution in [0.25, 0.3) is 0 Å². The molecule has 0 aromatic carbocycles. The van der Waals surface area contributed by atoms with E-state index in [1.54, 1.807) is 27.8 Å². The van der Waals surface area contributed by atoms with Gasteiger partial charge in [-0.25, -0.2) is 13.6 Å². The Balaban J connectivity index is 2.70. The molecule has 1 fully saturated rings. The third kappa shape index (κ3) is 4.11. The van der Waals surface area contributed by atoms with Gasteiger partial charge in [-0.3, -0.25) is 4.90 Å². The normalized spacial score (nSPS) is 23.9. The van der Waals surface area contributed by atoms with E-state index in [4.69, 9.17) is 4.74 Å². The summed E-state index contributed by atoms with van der Waals surface area (Å²) in [4.78, 5) is 12.9. The lowest BCUT2D eigenvalue weighted by molar-refractivity contribution is -0.00239. The summed E-state index contributed by atoms with van der Waals surface area (Å²) >= 11 is 0. The van der Waals surface area contributed by atoms with E-state index < -0.39 is 30.2 Å². The van der Waals surface area contributed by atoms with Crippen LogP contribution in [-0.4, -0.2) is 48.7 Å². The lowest BCUT2D eigenvalue weighted by Crippen LogP contribution is -2.43. The van der Waals surface area contributed by atoms with Crippen molar-refractivity contribution in [1.82, 2.24) is 10.2 Å². The van der Waals surface area contributed by atoms with E-state index in [0.29, 0.717) is 6.54 Å². The average molecular weight is 250 g/mol. The molecule has 1 aliphatic rings. The summed E-state index contributed by atoms with van der Waals surface area (Å²) in [6, 6.07) is -0.509. The largest absolute Gasteiger partial charge is 0.444 e. The summed E-state index contributed by atoms with van der Waals surface area (Å²) in [6.07, 6.45) is -0.984. The molecule has 0 aromatic heterocycles. The van der Waals surface area contributed by atoms with Crippen LogP contribution in [0.4, 0.5) is 13.6 Å². The maximum Gasteiger partial charge on any atom is 0.410 e. The second-order valence-electron chi connectivity index (χ2n) is 5.38. The van der Waals surface area contributed by atoms with E-state index >= 15 is 0 Å². The number of carbonyl (C=O) groups is 1. The van der Waals surface area contributed by atoms with Crippen molar-refractivity contribution in [3.05, 3.63) is 0 Å². The van der Waals surface area contributed by atoms with Crippen LogP contribution in [0.1, 0.15) is 27.2 Å². The van der Waals surface area contributed by atoms with Crippen molar-refractivity contribution in [2.45, 2.75) is 44.8 Å². The molecule has 4 nitrogen and oxygen atoms in total. The predicted octanol–water partition coefficient (Wildman–Crippen LogP) is 1.85. The molecule has 1 N–H and O–H groups in total. The summed E-state index contributed by atoms with van der Waals surface area (Å²) in [5.41, 5.74) is -0.668. The Hall–Kier alpha value is -0.910. The Bertz CT molecular complexity index is 290. The first-order chi connectivity index (χ1) is 7.64. The van der Waals surface area contributed by atoms with Gasteiger partial charge in [0.1, 0.15) is 5.60 Å². The fourth-order valence-corrected chi connectivity index (χ4v) is 1.85. The standard InChI is InChI=1S/C11H20F2N2O2/c1-10(2,3)17-9(16)15-7-11(12,13)5-8(15)6-14-4/h8,14H,5-7H2,1-4H3/t8-/m1/s1. The summed E-state index contributed by atoms with van der Waals surface area (Å²) in [7, 11) is 1.67. The predicted molar refractivity (Wildman–Crippen MR) is 60.2 cm³/mol. The third-order valence-corrected chi connectivity index (χ3v) is 2.44. The first kappa shape index (κ1) is 14.2. The van der Waals surface area contributed by atoms with Gasteiger partial charge in [-0.15, -0.1) is 0 Å². The van der Waals surface area contributed by atoms with Crippen LogP contribution in [0.15, 0.2) is 0 Å². The van der Waals surface area contributed by atoms with E-state index in [1.807, 2.05) is 0 Å². The third-order valence-electron chi connectivity index (χ3n) is 2.44. The van der Waals surface area contributed by atoms with Gasteiger partial charge in [0.15, 0.2) is 0 Å². The molecule has 1 rings (SSSR count). The van der Waals surface area contributed by atoms with Gasteiger partial charge in [0.05, 0.1) is 12.6 Å². The van der Waals surface area contributed by atoms with Crippen LogP contribution in [0, 0.1) is 0 Å². The Labute approximate surface area is 100 Å². The molecule has 1 atom stereocenters. The van der Waals surface area contributed by atoms with Gasteiger partial charge in [0.2, 0.25) is 0 Å². The zero-order valence-corrected chi connectivity index (χ0v) is 10.7. The molecule has 1 aliphatic heterocycles. The van der Waals surface area contributed by atoms with Crippen molar-refractivity contribution in [2.75, 3.05) is 20.1 Å². The maximum atomic E-state index is 13.3. The minimum absolute atomic E-state index is 0.312. The van der Waals surface area contributed by atoms with Gasteiger partial charge >= 0.3 is 6.09 Å². The number of likely N-dealkylation sites (N-methyl/N-ethyl adjacent to an activating group) is 1. The molecule has 1 heterocycles. The van der Waals surface area contributed by atoms with Crippen molar-refractivity contribution < 1.29 is 18.3 Å². The number of alkyl halides is 2. The van der Waals surface area contributed by atoms with Gasteiger partial charge in [0, 0.05) is 13.0 Å². The first-order valence-electron chi connectivity index (χ1n) is 5.67. The number of likely N-dealkylation sites (tertiary alicyclic amines) is 1. The van der Waals surface area contributed by atoms with E-state index in [1.165, 1.54) is 0 Å². The van der Waals surface area contributed by atoms with Gasteiger partial charge in [-0.05, 0) is 27.8 Å². The van der Waals surface area contributed by atoms with E-state index in [0.717, 1.165) is 4.90 Å². The van der Waals surface area contributed by atoms with Gasteiger partial charge in [-0.2, -0.15) is 0 Å². The van der Waals surface area contributed by atoms with Crippen LogP contribution < -0.4 is 5.32 Å². The molecule has 1 amide bonds. The van der Waals surface area contributed by atoms with Crippen molar-refractivity contribution in [3.63, 3.8) is 0 Å². The Morgan fingerprint density at radius 2 is 2.12 bits per heavy atom. The smallest absolute Gasteiger partial charge is 0.410 e. The van der Waals surface area contributed by atoms with Crippen LogP contribution in [-0.2, 0) is 4.74 Å². The number of amides is 1. The van der Waals surface area contributed by atoms with Gasteiger partial charge in [0.25, 0.3) is 5.92 Å². The number of hydrogen-bond acceptors (Lipinski definition) is 3.